The van der Waals surface area contributed by atoms with Gasteiger partial charge >= 0.3 is 0 Å². The molecule has 2 aromatic rings. The van der Waals surface area contributed by atoms with Crippen molar-refractivity contribution < 1.29 is 9.84 Å². The molecule has 0 saturated heterocycles. The van der Waals surface area contributed by atoms with Gasteiger partial charge in [0.2, 0.25) is 0 Å². The molecule has 0 spiro atoms. The molecule has 0 aliphatic carbocycles. The first kappa shape index (κ1) is 13.9. The van der Waals surface area contributed by atoms with Gasteiger partial charge in [-0.2, -0.15) is 0 Å². The summed E-state index contributed by atoms with van der Waals surface area (Å²) in [6.07, 6.45) is -0.554. The highest BCUT2D eigenvalue weighted by molar-refractivity contribution is 6.31. The van der Waals surface area contributed by atoms with Crippen LogP contribution in [0.5, 0.6) is 5.75 Å². The zero-order chi connectivity index (χ0) is 13.8. The molecule has 3 heteroatoms. The highest BCUT2D eigenvalue weighted by Gasteiger charge is 2.10. The Balaban J connectivity index is 2.18. The molecule has 0 aliphatic heterocycles. The third-order valence-electron chi connectivity index (χ3n) is 2.96. The maximum absolute atomic E-state index is 9.77. The summed E-state index contributed by atoms with van der Waals surface area (Å²) >= 11 is 6.09. The molecule has 2 nitrogen and oxygen atoms in total. The number of aliphatic hydroxyl groups excluding tert-OH is 1. The van der Waals surface area contributed by atoms with Gasteiger partial charge in [0.1, 0.15) is 12.4 Å². The average Bonchev–Trinajstić information content (AvgIpc) is 2.38. The zero-order valence-corrected chi connectivity index (χ0v) is 11.8. The second kappa shape index (κ2) is 6.09. The van der Waals surface area contributed by atoms with Crippen molar-refractivity contribution in [2.75, 3.05) is 0 Å². The zero-order valence-electron chi connectivity index (χ0n) is 11.1. The van der Waals surface area contributed by atoms with E-state index in [4.69, 9.17) is 16.3 Å². The monoisotopic (exact) mass is 276 g/mol. The predicted molar refractivity (Wildman–Crippen MR) is 77.6 cm³/mol. The van der Waals surface area contributed by atoms with Crippen LogP contribution in [0.25, 0.3) is 0 Å². The molecule has 100 valence electrons. The summed E-state index contributed by atoms with van der Waals surface area (Å²) in [4.78, 5) is 0. The second-order valence-electron chi connectivity index (χ2n) is 4.60. The summed E-state index contributed by atoms with van der Waals surface area (Å²) in [6, 6.07) is 13.4. The molecule has 1 atom stereocenters. The van der Waals surface area contributed by atoms with Gasteiger partial charge in [-0.25, -0.2) is 0 Å². The number of aliphatic hydroxyl groups is 1. The molecule has 1 N–H and O–H groups in total. The Morgan fingerprint density at radius 2 is 1.95 bits per heavy atom. The van der Waals surface area contributed by atoms with Gasteiger partial charge in [-0.15, -0.1) is 0 Å². The topological polar surface area (TPSA) is 29.5 Å². The Bertz CT molecular complexity index is 564. The number of hydrogen-bond donors (Lipinski definition) is 1. The van der Waals surface area contributed by atoms with Crippen LogP contribution in [0.1, 0.15) is 29.7 Å². The van der Waals surface area contributed by atoms with Gasteiger partial charge in [-0.3, -0.25) is 0 Å². The summed E-state index contributed by atoms with van der Waals surface area (Å²) in [7, 11) is 0. The van der Waals surface area contributed by atoms with E-state index in [0.29, 0.717) is 17.4 Å². The Hall–Kier alpha value is -1.51. The van der Waals surface area contributed by atoms with Gasteiger partial charge in [0.25, 0.3) is 0 Å². The van der Waals surface area contributed by atoms with Crippen LogP contribution in [-0.2, 0) is 6.61 Å². The van der Waals surface area contributed by atoms with Gasteiger partial charge in [0, 0.05) is 16.1 Å². The van der Waals surface area contributed by atoms with E-state index in [-0.39, 0.29) is 0 Å². The van der Waals surface area contributed by atoms with Gasteiger partial charge in [-0.1, -0.05) is 41.4 Å². The quantitative estimate of drug-likeness (QED) is 0.903. The molecular formula is C16H17ClO2. The highest BCUT2D eigenvalue weighted by atomic mass is 35.5. The van der Waals surface area contributed by atoms with Crippen LogP contribution >= 0.6 is 11.6 Å². The normalized spacial score (nSPS) is 12.2. The summed E-state index contributed by atoms with van der Waals surface area (Å²) in [5.41, 5.74) is 2.83. The fourth-order valence-electron chi connectivity index (χ4n) is 1.90. The Morgan fingerprint density at radius 3 is 2.63 bits per heavy atom. The number of halogens is 1. The lowest BCUT2D eigenvalue weighted by molar-refractivity contribution is 0.190. The summed E-state index contributed by atoms with van der Waals surface area (Å²) in [6.45, 7) is 4.11. The van der Waals surface area contributed by atoms with E-state index in [9.17, 15) is 5.11 Å². The van der Waals surface area contributed by atoms with Crippen molar-refractivity contribution in [3.05, 3.63) is 64.2 Å². The summed E-state index contributed by atoms with van der Waals surface area (Å²) in [5.74, 6) is 0.695. The summed E-state index contributed by atoms with van der Waals surface area (Å²) in [5, 5.41) is 10.5. The Labute approximate surface area is 118 Å². The predicted octanol–water partition coefficient (Wildman–Crippen LogP) is 4.28. The Morgan fingerprint density at radius 1 is 1.21 bits per heavy atom. The van der Waals surface area contributed by atoms with Gasteiger partial charge in [0.15, 0.2) is 0 Å². The molecule has 0 aromatic heterocycles. The maximum atomic E-state index is 9.77. The van der Waals surface area contributed by atoms with Crippen molar-refractivity contribution in [2.24, 2.45) is 0 Å². The second-order valence-corrected chi connectivity index (χ2v) is 5.00. The smallest absolute Gasteiger partial charge is 0.125 e. The molecule has 0 bridgehead atoms. The SMILES string of the molecule is Cc1ccc(OCc2ccccc2Cl)c([C@@H](C)O)c1. The molecule has 0 radical (unpaired) electrons. The minimum atomic E-state index is -0.554. The van der Waals surface area contributed by atoms with Crippen LogP contribution in [0.15, 0.2) is 42.5 Å². The fraction of sp³-hybridized carbons (Fsp3) is 0.250. The van der Waals surface area contributed by atoms with Gasteiger partial charge in [0.05, 0.1) is 6.10 Å². The highest BCUT2D eigenvalue weighted by Crippen LogP contribution is 2.27. The third-order valence-corrected chi connectivity index (χ3v) is 3.33. The number of aryl methyl sites for hydroxylation is 1. The van der Waals surface area contributed by atoms with E-state index in [1.54, 1.807) is 6.92 Å². The van der Waals surface area contributed by atoms with Crippen LogP contribution in [0.3, 0.4) is 0 Å². The molecular weight excluding hydrogens is 260 g/mol. The molecule has 19 heavy (non-hydrogen) atoms. The van der Waals surface area contributed by atoms with Crippen molar-refractivity contribution in [3.8, 4) is 5.75 Å². The number of rotatable bonds is 4. The molecule has 0 amide bonds. The fourth-order valence-corrected chi connectivity index (χ4v) is 2.09. The van der Waals surface area contributed by atoms with E-state index in [1.165, 1.54) is 0 Å². The first-order valence-electron chi connectivity index (χ1n) is 6.22. The number of benzene rings is 2. The number of hydrogen-bond acceptors (Lipinski definition) is 2. The van der Waals surface area contributed by atoms with Crippen LogP contribution < -0.4 is 4.74 Å². The minimum absolute atomic E-state index is 0.391. The molecule has 0 saturated carbocycles. The van der Waals surface area contributed by atoms with Crippen molar-refractivity contribution >= 4 is 11.6 Å². The lowest BCUT2D eigenvalue weighted by Gasteiger charge is -2.14. The van der Waals surface area contributed by atoms with Crippen molar-refractivity contribution in [3.63, 3.8) is 0 Å². The van der Waals surface area contributed by atoms with Crippen LogP contribution in [0.2, 0.25) is 5.02 Å². The van der Waals surface area contributed by atoms with Crippen LogP contribution in [0, 0.1) is 6.92 Å². The first-order chi connectivity index (χ1) is 9.08. The standard InChI is InChI=1S/C16H17ClO2/c1-11-7-8-16(14(9-11)12(2)18)19-10-13-5-3-4-6-15(13)17/h3-9,12,18H,10H2,1-2H3/t12-/m1/s1. The van der Waals surface area contributed by atoms with Crippen molar-refractivity contribution in [1.29, 1.82) is 0 Å². The average molecular weight is 277 g/mol. The third kappa shape index (κ3) is 3.49. The Kier molecular flexibility index (Phi) is 4.46. The largest absolute Gasteiger partial charge is 0.488 e. The maximum Gasteiger partial charge on any atom is 0.125 e. The van der Waals surface area contributed by atoms with E-state index in [0.717, 1.165) is 16.7 Å². The molecule has 0 heterocycles. The van der Waals surface area contributed by atoms with Crippen LogP contribution in [-0.4, -0.2) is 5.11 Å². The van der Waals surface area contributed by atoms with E-state index >= 15 is 0 Å². The summed E-state index contributed by atoms with van der Waals surface area (Å²) < 4.78 is 5.78. The van der Waals surface area contributed by atoms with Gasteiger partial charge in [-0.05, 0) is 32.0 Å². The van der Waals surface area contributed by atoms with E-state index in [2.05, 4.69) is 0 Å². The van der Waals surface area contributed by atoms with Crippen molar-refractivity contribution in [2.45, 2.75) is 26.6 Å². The molecule has 2 aromatic carbocycles. The molecule has 0 aliphatic rings. The van der Waals surface area contributed by atoms with Crippen LogP contribution in [0.4, 0.5) is 0 Å². The number of ether oxygens (including phenoxy) is 1. The molecule has 0 unspecified atom stereocenters. The minimum Gasteiger partial charge on any atom is -0.488 e. The van der Waals surface area contributed by atoms with E-state index < -0.39 is 6.10 Å². The lowest BCUT2D eigenvalue weighted by Crippen LogP contribution is -2.01. The van der Waals surface area contributed by atoms with E-state index in [1.807, 2.05) is 49.4 Å². The van der Waals surface area contributed by atoms with Gasteiger partial charge < -0.3 is 9.84 Å². The first-order valence-corrected chi connectivity index (χ1v) is 6.60. The molecule has 0 fully saturated rings. The van der Waals surface area contributed by atoms with Crippen molar-refractivity contribution in [1.82, 2.24) is 0 Å². The molecule has 2 rings (SSSR count). The lowest BCUT2D eigenvalue weighted by atomic mass is 10.1.